The van der Waals surface area contributed by atoms with Gasteiger partial charge in [-0.05, 0) is 48.5 Å². The van der Waals surface area contributed by atoms with Crippen molar-refractivity contribution in [3.8, 4) is 17.0 Å². The third kappa shape index (κ3) is 4.54. The maximum atomic E-state index is 13.2. The average molecular weight is 460 g/mol. The van der Waals surface area contributed by atoms with Gasteiger partial charge in [-0.15, -0.1) is 5.10 Å². The van der Waals surface area contributed by atoms with E-state index >= 15 is 0 Å². The number of H-pyrrole nitrogens is 1. The van der Waals surface area contributed by atoms with E-state index in [2.05, 4.69) is 20.6 Å². The zero-order valence-electron chi connectivity index (χ0n) is 16.1. The molecule has 158 valence electrons. The number of benzene rings is 2. The number of aromatic nitrogens is 4. The number of thioether (sulfide) groups is 1. The lowest BCUT2D eigenvalue weighted by atomic mass is 10.1. The van der Waals surface area contributed by atoms with Crippen LogP contribution in [0.3, 0.4) is 0 Å². The quantitative estimate of drug-likeness (QED) is 0.427. The van der Waals surface area contributed by atoms with Crippen LogP contribution in [0.2, 0.25) is 5.02 Å². The van der Waals surface area contributed by atoms with Crippen molar-refractivity contribution >= 4 is 40.5 Å². The standard InChI is InChI=1S/C20H15ClFN5O3S/c1-30-17-7-6-13(8-14(17)21)23-18(28)10-31-20-25-24-19(29)16-9-15(26-27(16)20)11-2-4-12(22)5-3-11/h2-9H,10H2,1H3,(H,23,28)(H,24,29). The number of hydrogen-bond donors (Lipinski definition) is 2. The first-order valence-electron chi connectivity index (χ1n) is 8.95. The lowest BCUT2D eigenvalue weighted by molar-refractivity contribution is -0.113. The molecule has 4 aromatic rings. The second-order valence-corrected chi connectivity index (χ2v) is 7.70. The summed E-state index contributed by atoms with van der Waals surface area (Å²) in [6.07, 6.45) is 0. The number of hydrogen-bond acceptors (Lipinski definition) is 6. The fraction of sp³-hybridized carbons (Fsp3) is 0.100. The summed E-state index contributed by atoms with van der Waals surface area (Å²) in [5.74, 6) is -0.140. The molecular formula is C20H15ClFN5O3S. The highest BCUT2D eigenvalue weighted by molar-refractivity contribution is 7.99. The predicted octanol–water partition coefficient (Wildman–Crippen LogP) is 3.62. The smallest absolute Gasteiger partial charge is 0.290 e. The van der Waals surface area contributed by atoms with Crippen LogP contribution in [0.25, 0.3) is 16.8 Å². The minimum Gasteiger partial charge on any atom is -0.495 e. The normalized spacial score (nSPS) is 10.9. The number of amides is 1. The van der Waals surface area contributed by atoms with Crippen LogP contribution < -0.4 is 15.6 Å². The Morgan fingerprint density at radius 1 is 1.26 bits per heavy atom. The summed E-state index contributed by atoms with van der Waals surface area (Å²) < 4.78 is 19.6. The third-order valence-corrected chi connectivity index (χ3v) is 5.51. The van der Waals surface area contributed by atoms with Gasteiger partial charge in [0.05, 0.1) is 23.6 Å². The summed E-state index contributed by atoms with van der Waals surface area (Å²) in [4.78, 5) is 24.5. The Kier molecular flexibility index (Phi) is 5.92. The van der Waals surface area contributed by atoms with Crippen LogP contribution in [0.1, 0.15) is 0 Å². The molecule has 2 N–H and O–H groups in total. The molecule has 0 aliphatic carbocycles. The molecule has 8 nitrogen and oxygen atoms in total. The Bertz CT molecular complexity index is 1320. The van der Waals surface area contributed by atoms with Gasteiger partial charge < -0.3 is 10.1 Å². The van der Waals surface area contributed by atoms with Crippen molar-refractivity contribution in [1.29, 1.82) is 0 Å². The number of aromatic amines is 1. The second kappa shape index (κ2) is 8.78. The Morgan fingerprint density at radius 3 is 2.74 bits per heavy atom. The first-order valence-corrected chi connectivity index (χ1v) is 10.3. The highest BCUT2D eigenvalue weighted by atomic mass is 35.5. The van der Waals surface area contributed by atoms with Crippen LogP contribution in [-0.2, 0) is 4.79 Å². The molecule has 0 aliphatic heterocycles. The molecule has 0 bridgehead atoms. The van der Waals surface area contributed by atoms with Gasteiger partial charge in [-0.2, -0.15) is 5.10 Å². The molecule has 0 radical (unpaired) electrons. The van der Waals surface area contributed by atoms with E-state index in [0.717, 1.165) is 11.8 Å². The number of carbonyl (C=O) groups is 1. The van der Waals surface area contributed by atoms with Gasteiger partial charge in [0.25, 0.3) is 5.56 Å². The largest absolute Gasteiger partial charge is 0.495 e. The number of nitrogens with one attached hydrogen (secondary N) is 2. The van der Waals surface area contributed by atoms with Crippen molar-refractivity contribution in [3.05, 3.63) is 69.7 Å². The predicted molar refractivity (Wildman–Crippen MR) is 116 cm³/mol. The molecule has 0 spiro atoms. The summed E-state index contributed by atoms with van der Waals surface area (Å²) in [6, 6.07) is 12.3. The summed E-state index contributed by atoms with van der Waals surface area (Å²) >= 11 is 7.17. The van der Waals surface area contributed by atoms with Crippen LogP contribution in [0, 0.1) is 5.82 Å². The monoisotopic (exact) mass is 459 g/mol. The van der Waals surface area contributed by atoms with Gasteiger partial charge in [-0.25, -0.2) is 14.0 Å². The van der Waals surface area contributed by atoms with E-state index in [1.165, 1.54) is 23.8 Å². The molecule has 0 fully saturated rings. The summed E-state index contributed by atoms with van der Waals surface area (Å²) in [5, 5.41) is 14.2. The molecule has 2 aromatic carbocycles. The number of halogens is 2. The van der Waals surface area contributed by atoms with Crippen molar-refractivity contribution < 1.29 is 13.9 Å². The Morgan fingerprint density at radius 2 is 2.03 bits per heavy atom. The van der Waals surface area contributed by atoms with E-state index in [1.807, 2.05) is 0 Å². The van der Waals surface area contributed by atoms with E-state index in [4.69, 9.17) is 16.3 Å². The Labute approximate surface area is 184 Å². The average Bonchev–Trinajstić information content (AvgIpc) is 3.20. The van der Waals surface area contributed by atoms with Gasteiger partial charge in [0, 0.05) is 11.3 Å². The van der Waals surface area contributed by atoms with E-state index in [0.29, 0.717) is 32.9 Å². The minimum atomic E-state index is -0.428. The molecular weight excluding hydrogens is 445 g/mol. The Balaban J connectivity index is 1.52. The molecule has 0 aliphatic rings. The number of rotatable bonds is 6. The number of ether oxygens (including phenoxy) is 1. The van der Waals surface area contributed by atoms with Crippen LogP contribution in [0.15, 0.2) is 58.5 Å². The molecule has 0 saturated heterocycles. The molecule has 31 heavy (non-hydrogen) atoms. The molecule has 0 saturated carbocycles. The van der Waals surface area contributed by atoms with E-state index in [-0.39, 0.29) is 23.0 Å². The fourth-order valence-electron chi connectivity index (χ4n) is 2.82. The van der Waals surface area contributed by atoms with E-state index < -0.39 is 5.56 Å². The molecule has 2 heterocycles. The number of methoxy groups -OCH3 is 1. The first-order chi connectivity index (χ1) is 14.9. The highest BCUT2D eigenvalue weighted by Gasteiger charge is 2.14. The van der Waals surface area contributed by atoms with Crippen LogP contribution >= 0.6 is 23.4 Å². The molecule has 2 aromatic heterocycles. The van der Waals surface area contributed by atoms with Crippen molar-refractivity contribution in [3.63, 3.8) is 0 Å². The zero-order chi connectivity index (χ0) is 22.0. The van der Waals surface area contributed by atoms with Crippen LogP contribution in [-0.4, -0.2) is 38.6 Å². The van der Waals surface area contributed by atoms with Crippen molar-refractivity contribution in [1.82, 2.24) is 19.8 Å². The molecule has 1 amide bonds. The maximum absolute atomic E-state index is 13.2. The lowest BCUT2D eigenvalue weighted by Gasteiger charge is -2.08. The second-order valence-electron chi connectivity index (χ2n) is 6.35. The van der Waals surface area contributed by atoms with Gasteiger partial charge in [0.2, 0.25) is 11.1 Å². The van der Waals surface area contributed by atoms with Gasteiger partial charge in [-0.1, -0.05) is 23.4 Å². The summed E-state index contributed by atoms with van der Waals surface area (Å²) in [6.45, 7) is 0. The fourth-order valence-corrected chi connectivity index (χ4v) is 3.78. The molecule has 0 atom stereocenters. The molecule has 4 rings (SSSR count). The lowest BCUT2D eigenvalue weighted by Crippen LogP contribution is -2.17. The highest BCUT2D eigenvalue weighted by Crippen LogP contribution is 2.27. The van der Waals surface area contributed by atoms with Gasteiger partial charge >= 0.3 is 0 Å². The Hall–Kier alpha value is -3.37. The van der Waals surface area contributed by atoms with Crippen molar-refractivity contribution in [2.45, 2.75) is 5.16 Å². The van der Waals surface area contributed by atoms with E-state index in [1.54, 1.807) is 36.4 Å². The number of nitrogens with zero attached hydrogens (tertiary/aromatic N) is 3. The minimum absolute atomic E-state index is 0.0174. The maximum Gasteiger partial charge on any atom is 0.290 e. The number of fused-ring (bicyclic) bond motifs is 1. The molecule has 0 unspecified atom stereocenters. The number of carbonyl (C=O) groups excluding carboxylic acids is 1. The topological polar surface area (TPSA) is 101 Å². The van der Waals surface area contributed by atoms with Crippen LogP contribution in [0.4, 0.5) is 10.1 Å². The third-order valence-electron chi connectivity index (χ3n) is 4.28. The number of anilines is 1. The van der Waals surface area contributed by atoms with Gasteiger partial charge in [0.1, 0.15) is 17.1 Å². The van der Waals surface area contributed by atoms with Crippen molar-refractivity contribution in [2.75, 3.05) is 18.2 Å². The van der Waals surface area contributed by atoms with Gasteiger partial charge in [0.15, 0.2) is 0 Å². The van der Waals surface area contributed by atoms with Gasteiger partial charge in [-0.3, -0.25) is 9.59 Å². The van der Waals surface area contributed by atoms with E-state index in [9.17, 15) is 14.0 Å². The summed E-state index contributed by atoms with van der Waals surface area (Å²) in [5.41, 5.74) is 1.49. The van der Waals surface area contributed by atoms with Crippen LogP contribution in [0.5, 0.6) is 5.75 Å². The molecule has 11 heteroatoms. The van der Waals surface area contributed by atoms with Crippen molar-refractivity contribution in [2.24, 2.45) is 0 Å². The first kappa shape index (κ1) is 20.9. The SMILES string of the molecule is COc1ccc(NC(=O)CSc2n[nH]c(=O)c3cc(-c4ccc(F)cc4)nn23)cc1Cl. The summed E-state index contributed by atoms with van der Waals surface area (Å²) in [7, 11) is 1.50. The zero-order valence-corrected chi connectivity index (χ0v) is 17.6.